The number of hydrogen-bond acceptors (Lipinski definition) is 4. The molecular formula is C13H29NO3. The van der Waals surface area contributed by atoms with Gasteiger partial charge in [-0.05, 0) is 18.8 Å². The normalized spacial score (nSPS) is 11.3. The third-order valence-electron chi connectivity index (χ3n) is 2.32. The molecule has 0 saturated carbocycles. The second-order valence-electron chi connectivity index (χ2n) is 4.50. The smallest absolute Gasteiger partial charge is 0.0590 e. The van der Waals surface area contributed by atoms with Crippen molar-refractivity contribution in [2.75, 3.05) is 53.2 Å². The van der Waals surface area contributed by atoms with Crippen LogP contribution >= 0.6 is 0 Å². The third-order valence-corrected chi connectivity index (χ3v) is 2.32. The predicted molar refractivity (Wildman–Crippen MR) is 70.5 cm³/mol. The number of methoxy groups -OCH3 is 1. The van der Waals surface area contributed by atoms with Gasteiger partial charge in [-0.1, -0.05) is 13.8 Å². The Morgan fingerprint density at radius 1 is 0.882 bits per heavy atom. The van der Waals surface area contributed by atoms with Crippen LogP contribution in [-0.2, 0) is 14.2 Å². The van der Waals surface area contributed by atoms with Crippen molar-refractivity contribution in [3.05, 3.63) is 0 Å². The van der Waals surface area contributed by atoms with Crippen molar-refractivity contribution in [2.45, 2.75) is 26.7 Å². The lowest BCUT2D eigenvalue weighted by molar-refractivity contribution is 0.0993. The molecule has 0 amide bonds. The zero-order valence-electron chi connectivity index (χ0n) is 11.7. The number of ether oxygens (including phenoxy) is 3. The van der Waals surface area contributed by atoms with Gasteiger partial charge in [0.25, 0.3) is 0 Å². The lowest BCUT2D eigenvalue weighted by Gasteiger charge is -2.08. The molecule has 0 aliphatic carbocycles. The van der Waals surface area contributed by atoms with E-state index in [4.69, 9.17) is 14.2 Å². The largest absolute Gasteiger partial charge is 0.385 e. The predicted octanol–water partition coefficient (Wildman–Crippen LogP) is 1.69. The van der Waals surface area contributed by atoms with E-state index >= 15 is 0 Å². The molecule has 0 aromatic carbocycles. The lowest BCUT2D eigenvalue weighted by atomic mass is 10.1. The Hall–Kier alpha value is -0.160. The first-order valence-electron chi connectivity index (χ1n) is 6.62. The molecule has 1 N–H and O–H groups in total. The molecule has 0 aromatic rings. The van der Waals surface area contributed by atoms with Gasteiger partial charge in [0.15, 0.2) is 0 Å². The molecule has 0 saturated heterocycles. The van der Waals surface area contributed by atoms with Crippen LogP contribution < -0.4 is 5.32 Å². The van der Waals surface area contributed by atoms with Crippen molar-refractivity contribution in [1.29, 1.82) is 0 Å². The van der Waals surface area contributed by atoms with Gasteiger partial charge in [0, 0.05) is 40.0 Å². The highest BCUT2D eigenvalue weighted by Crippen LogP contribution is 1.98. The number of nitrogens with one attached hydrogen (secondary N) is 1. The fourth-order valence-electron chi connectivity index (χ4n) is 1.24. The van der Waals surface area contributed by atoms with Gasteiger partial charge in [-0.25, -0.2) is 0 Å². The summed E-state index contributed by atoms with van der Waals surface area (Å²) in [5.74, 6) is 0.725. The second kappa shape index (κ2) is 13.9. The van der Waals surface area contributed by atoms with Crippen molar-refractivity contribution >= 4 is 0 Å². The van der Waals surface area contributed by atoms with Gasteiger partial charge >= 0.3 is 0 Å². The first-order valence-corrected chi connectivity index (χ1v) is 6.62. The topological polar surface area (TPSA) is 39.7 Å². The molecule has 0 fully saturated rings. The van der Waals surface area contributed by atoms with Crippen LogP contribution in [0.3, 0.4) is 0 Å². The number of rotatable bonds is 13. The van der Waals surface area contributed by atoms with E-state index in [9.17, 15) is 0 Å². The van der Waals surface area contributed by atoms with E-state index in [1.165, 1.54) is 0 Å². The third kappa shape index (κ3) is 15.8. The van der Waals surface area contributed by atoms with E-state index in [1.54, 1.807) is 7.11 Å². The Morgan fingerprint density at radius 2 is 1.53 bits per heavy atom. The van der Waals surface area contributed by atoms with Crippen LogP contribution in [0.15, 0.2) is 0 Å². The summed E-state index contributed by atoms with van der Waals surface area (Å²) in [6.07, 6.45) is 2.11. The Balaban J connectivity index is 2.89. The van der Waals surface area contributed by atoms with E-state index < -0.39 is 0 Å². The molecule has 17 heavy (non-hydrogen) atoms. The molecule has 0 rings (SSSR count). The highest BCUT2D eigenvalue weighted by molar-refractivity contribution is 4.47. The van der Waals surface area contributed by atoms with Gasteiger partial charge in [0.05, 0.1) is 13.2 Å². The van der Waals surface area contributed by atoms with Crippen molar-refractivity contribution in [3.8, 4) is 0 Å². The minimum atomic E-state index is 0.725. The van der Waals surface area contributed by atoms with Crippen LogP contribution in [0.4, 0.5) is 0 Å². The van der Waals surface area contributed by atoms with Gasteiger partial charge in [-0.2, -0.15) is 0 Å². The fourth-order valence-corrected chi connectivity index (χ4v) is 1.24. The summed E-state index contributed by atoms with van der Waals surface area (Å²) in [4.78, 5) is 0. The van der Waals surface area contributed by atoms with Crippen molar-refractivity contribution in [3.63, 3.8) is 0 Å². The van der Waals surface area contributed by atoms with Crippen LogP contribution in [0.1, 0.15) is 26.7 Å². The Labute approximate surface area is 106 Å². The minimum absolute atomic E-state index is 0.725. The van der Waals surface area contributed by atoms with Crippen molar-refractivity contribution in [2.24, 2.45) is 5.92 Å². The summed E-state index contributed by atoms with van der Waals surface area (Å²) in [7, 11) is 1.71. The quantitative estimate of drug-likeness (QED) is 0.503. The highest BCUT2D eigenvalue weighted by Gasteiger charge is 1.94. The maximum absolute atomic E-state index is 5.48. The summed E-state index contributed by atoms with van der Waals surface area (Å²) in [6.45, 7) is 10.2. The second-order valence-corrected chi connectivity index (χ2v) is 4.50. The van der Waals surface area contributed by atoms with E-state index in [0.717, 1.165) is 64.9 Å². The molecule has 0 aliphatic heterocycles. The standard InChI is InChI=1S/C13H29NO3/c1-13(2)5-10-17-12-7-14-6-11-16-9-4-8-15-3/h13-14H,4-12H2,1-3H3. The van der Waals surface area contributed by atoms with Gasteiger partial charge in [0.2, 0.25) is 0 Å². The van der Waals surface area contributed by atoms with Crippen LogP contribution in [-0.4, -0.2) is 53.2 Å². The van der Waals surface area contributed by atoms with E-state index in [2.05, 4.69) is 19.2 Å². The monoisotopic (exact) mass is 247 g/mol. The summed E-state index contributed by atoms with van der Waals surface area (Å²) in [5, 5.41) is 3.28. The maximum atomic E-state index is 5.48. The van der Waals surface area contributed by atoms with Gasteiger partial charge in [-0.3, -0.25) is 0 Å². The van der Waals surface area contributed by atoms with Crippen molar-refractivity contribution in [1.82, 2.24) is 5.32 Å². The van der Waals surface area contributed by atoms with E-state index in [1.807, 2.05) is 0 Å². The first kappa shape index (κ1) is 16.8. The van der Waals surface area contributed by atoms with Gasteiger partial charge in [-0.15, -0.1) is 0 Å². The average Bonchev–Trinajstić information content (AvgIpc) is 2.30. The zero-order valence-corrected chi connectivity index (χ0v) is 11.7. The summed E-state index contributed by atoms with van der Waals surface area (Å²) in [5.41, 5.74) is 0. The van der Waals surface area contributed by atoms with Gasteiger partial charge < -0.3 is 19.5 Å². The summed E-state index contributed by atoms with van der Waals surface area (Å²) < 4.78 is 15.8. The Bertz CT molecular complexity index is 143. The Kier molecular flexibility index (Phi) is 13.8. The molecule has 0 bridgehead atoms. The van der Waals surface area contributed by atoms with Crippen LogP contribution in [0, 0.1) is 5.92 Å². The summed E-state index contributed by atoms with van der Waals surface area (Å²) in [6, 6.07) is 0. The molecule has 0 heterocycles. The molecule has 104 valence electrons. The van der Waals surface area contributed by atoms with Crippen molar-refractivity contribution < 1.29 is 14.2 Å². The number of hydrogen-bond donors (Lipinski definition) is 1. The molecule has 4 nitrogen and oxygen atoms in total. The lowest BCUT2D eigenvalue weighted by Crippen LogP contribution is -2.24. The molecule has 0 aliphatic rings. The Morgan fingerprint density at radius 3 is 2.12 bits per heavy atom. The molecule has 0 radical (unpaired) electrons. The fraction of sp³-hybridized carbons (Fsp3) is 1.00. The molecule has 0 atom stereocenters. The van der Waals surface area contributed by atoms with E-state index in [-0.39, 0.29) is 0 Å². The SMILES string of the molecule is COCCCOCCNCCOCCC(C)C. The first-order chi connectivity index (χ1) is 8.27. The highest BCUT2D eigenvalue weighted by atomic mass is 16.5. The molecular weight excluding hydrogens is 218 g/mol. The molecule has 0 spiro atoms. The average molecular weight is 247 g/mol. The molecule has 0 unspecified atom stereocenters. The van der Waals surface area contributed by atoms with Gasteiger partial charge in [0.1, 0.15) is 0 Å². The maximum Gasteiger partial charge on any atom is 0.0590 e. The minimum Gasteiger partial charge on any atom is -0.385 e. The van der Waals surface area contributed by atoms with Crippen LogP contribution in [0.2, 0.25) is 0 Å². The summed E-state index contributed by atoms with van der Waals surface area (Å²) >= 11 is 0. The zero-order chi connectivity index (χ0) is 12.8. The van der Waals surface area contributed by atoms with Crippen LogP contribution in [0.5, 0.6) is 0 Å². The molecule has 0 aromatic heterocycles. The van der Waals surface area contributed by atoms with Crippen LogP contribution in [0.25, 0.3) is 0 Å². The van der Waals surface area contributed by atoms with E-state index in [0.29, 0.717) is 0 Å². The molecule has 4 heteroatoms.